The predicted octanol–water partition coefficient (Wildman–Crippen LogP) is 2.34. The molecule has 23 heavy (non-hydrogen) atoms. The summed E-state index contributed by atoms with van der Waals surface area (Å²) in [5.74, 6) is 2.22. The summed E-state index contributed by atoms with van der Waals surface area (Å²) in [5, 5.41) is 3.64. The number of hydrogen-bond donors (Lipinski definition) is 1. The van der Waals surface area contributed by atoms with Crippen molar-refractivity contribution in [2.24, 2.45) is 5.92 Å². The lowest BCUT2D eigenvalue weighted by Crippen LogP contribution is -2.44. The molecular formula is C18H27NO4. The first kappa shape index (κ1) is 16.6. The van der Waals surface area contributed by atoms with Gasteiger partial charge in [0, 0.05) is 38.9 Å². The SMILES string of the molecule is COCC(C)CNCC1(c2ccc3c(c2)OCO3)CCOCC1. The van der Waals surface area contributed by atoms with Crippen LogP contribution in [0.3, 0.4) is 0 Å². The van der Waals surface area contributed by atoms with E-state index in [9.17, 15) is 0 Å². The molecule has 0 saturated carbocycles. The van der Waals surface area contributed by atoms with Crippen molar-refractivity contribution in [3.8, 4) is 11.5 Å². The first-order chi connectivity index (χ1) is 11.2. The highest BCUT2D eigenvalue weighted by atomic mass is 16.7. The van der Waals surface area contributed by atoms with Crippen LogP contribution in [0, 0.1) is 5.92 Å². The molecule has 1 aromatic rings. The average molecular weight is 321 g/mol. The zero-order chi connectivity index (χ0) is 16.1. The Bertz CT molecular complexity index is 514. The highest BCUT2D eigenvalue weighted by molar-refractivity contribution is 5.47. The van der Waals surface area contributed by atoms with Crippen molar-refractivity contribution in [3.63, 3.8) is 0 Å². The van der Waals surface area contributed by atoms with Crippen molar-refractivity contribution < 1.29 is 18.9 Å². The molecule has 3 rings (SSSR count). The van der Waals surface area contributed by atoms with Crippen LogP contribution in [0.15, 0.2) is 18.2 Å². The maximum absolute atomic E-state index is 5.60. The molecule has 5 heteroatoms. The minimum absolute atomic E-state index is 0.103. The Morgan fingerprint density at radius 1 is 1.22 bits per heavy atom. The molecule has 0 aliphatic carbocycles. The summed E-state index contributed by atoms with van der Waals surface area (Å²) in [7, 11) is 1.75. The van der Waals surface area contributed by atoms with E-state index < -0.39 is 0 Å². The van der Waals surface area contributed by atoms with Crippen molar-refractivity contribution >= 4 is 0 Å². The van der Waals surface area contributed by atoms with Gasteiger partial charge in [-0.1, -0.05) is 13.0 Å². The van der Waals surface area contributed by atoms with E-state index in [0.29, 0.717) is 12.7 Å². The fourth-order valence-electron chi connectivity index (χ4n) is 3.46. The van der Waals surface area contributed by atoms with Gasteiger partial charge in [0.1, 0.15) is 0 Å². The molecule has 1 N–H and O–H groups in total. The van der Waals surface area contributed by atoms with Crippen LogP contribution in [-0.2, 0) is 14.9 Å². The lowest BCUT2D eigenvalue weighted by Gasteiger charge is -2.38. The highest BCUT2D eigenvalue weighted by Crippen LogP contribution is 2.40. The largest absolute Gasteiger partial charge is 0.454 e. The molecule has 5 nitrogen and oxygen atoms in total. The molecule has 1 atom stereocenters. The molecule has 0 amide bonds. The molecule has 0 aromatic heterocycles. The maximum atomic E-state index is 5.60. The third kappa shape index (κ3) is 3.79. The van der Waals surface area contributed by atoms with Gasteiger partial charge in [0.15, 0.2) is 11.5 Å². The number of methoxy groups -OCH3 is 1. The molecule has 1 saturated heterocycles. The zero-order valence-electron chi connectivity index (χ0n) is 14.1. The monoisotopic (exact) mass is 321 g/mol. The molecule has 1 unspecified atom stereocenters. The van der Waals surface area contributed by atoms with Crippen LogP contribution in [0.2, 0.25) is 0 Å². The molecule has 2 aliphatic heterocycles. The second kappa shape index (κ2) is 7.51. The van der Waals surface area contributed by atoms with Crippen LogP contribution in [0.1, 0.15) is 25.3 Å². The minimum atomic E-state index is 0.103. The number of fused-ring (bicyclic) bond motifs is 1. The summed E-state index contributed by atoms with van der Waals surface area (Å²) in [5.41, 5.74) is 1.42. The van der Waals surface area contributed by atoms with Crippen molar-refractivity contribution in [3.05, 3.63) is 23.8 Å². The normalized spacial score (nSPS) is 20.4. The standard InChI is InChI=1S/C18H27NO4/c1-14(11-20-2)10-19-12-18(5-7-21-8-6-18)15-3-4-16-17(9-15)23-13-22-16/h3-4,9,14,19H,5-8,10-13H2,1-2H3. The number of nitrogens with one attached hydrogen (secondary N) is 1. The molecule has 1 aromatic carbocycles. The Morgan fingerprint density at radius 2 is 2.00 bits per heavy atom. The van der Waals surface area contributed by atoms with Gasteiger partial charge in [-0.2, -0.15) is 0 Å². The average Bonchev–Trinajstić information content (AvgIpc) is 3.03. The highest BCUT2D eigenvalue weighted by Gasteiger charge is 2.35. The van der Waals surface area contributed by atoms with E-state index in [1.807, 2.05) is 6.07 Å². The van der Waals surface area contributed by atoms with Gasteiger partial charge in [-0.15, -0.1) is 0 Å². The van der Waals surface area contributed by atoms with Gasteiger partial charge in [-0.3, -0.25) is 0 Å². The van der Waals surface area contributed by atoms with Gasteiger partial charge in [0.05, 0.1) is 0 Å². The Labute approximate surface area is 138 Å². The number of ether oxygens (including phenoxy) is 4. The Hall–Kier alpha value is -1.30. The molecule has 0 bridgehead atoms. The van der Waals surface area contributed by atoms with Crippen molar-refractivity contribution in [1.82, 2.24) is 5.32 Å². The summed E-state index contributed by atoms with van der Waals surface area (Å²) in [6.45, 7) is 6.83. The summed E-state index contributed by atoms with van der Waals surface area (Å²) in [6, 6.07) is 6.36. The van der Waals surface area contributed by atoms with Crippen LogP contribution >= 0.6 is 0 Å². The molecule has 0 spiro atoms. The summed E-state index contributed by atoms with van der Waals surface area (Å²) >= 11 is 0. The molecule has 128 valence electrons. The van der Waals surface area contributed by atoms with Crippen LogP contribution < -0.4 is 14.8 Å². The van der Waals surface area contributed by atoms with Crippen molar-refractivity contribution in [2.75, 3.05) is 46.8 Å². The molecule has 1 fully saturated rings. The van der Waals surface area contributed by atoms with Crippen LogP contribution in [-0.4, -0.2) is 46.8 Å². The van der Waals surface area contributed by atoms with Crippen LogP contribution in [0.5, 0.6) is 11.5 Å². The number of rotatable bonds is 7. The van der Waals surface area contributed by atoms with Crippen LogP contribution in [0.4, 0.5) is 0 Å². The summed E-state index contributed by atoms with van der Waals surface area (Å²) in [6.07, 6.45) is 2.05. The van der Waals surface area contributed by atoms with Gasteiger partial charge in [0.2, 0.25) is 6.79 Å². The topological polar surface area (TPSA) is 49.0 Å². The maximum Gasteiger partial charge on any atom is 0.231 e. The van der Waals surface area contributed by atoms with Gasteiger partial charge >= 0.3 is 0 Å². The van der Waals surface area contributed by atoms with Gasteiger partial charge < -0.3 is 24.3 Å². The third-order valence-corrected chi connectivity index (χ3v) is 4.84. The summed E-state index contributed by atoms with van der Waals surface area (Å²) in [4.78, 5) is 0. The minimum Gasteiger partial charge on any atom is -0.454 e. The second-order valence-electron chi connectivity index (χ2n) is 6.65. The van der Waals surface area contributed by atoms with E-state index in [-0.39, 0.29) is 5.41 Å². The number of hydrogen-bond acceptors (Lipinski definition) is 5. The van der Waals surface area contributed by atoms with Crippen molar-refractivity contribution in [2.45, 2.75) is 25.2 Å². The molecular weight excluding hydrogens is 294 g/mol. The summed E-state index contributed by atoms with van der Waals surface area (Å²) < 4.78 is 21.8. The molecule has 2 aliphatic rings. The van der Waals surface area contributed by atoms with E-state index in [0.717, 1.165) is 57.3 Å². The Balaban J connectivity index is 1.71. The smallest absolute Gasteiger partial charge is 0.231 e. The van der Waals surface area contributed by atoms with E-state index in [4.69, 9.17) is 18.9 Å². The zero-order valence-corrected chi connectivity index (χ0v) is 14.1. The van der Waals surface area contributed by atoms with E-state index in [2.05, 4.69) is 24.4 Å². The number of benzene rings is 1. The van der Waals surface area contributed by atoms with Crippen LogP contribution in [0.25, 0.3) is 0 Å². The first-order valence-corrected chi connectivity index (χ1v) is 8.41. The Morgan fingerprint density at radius 3 is 2.78 bits per heavy atom. The lowest BCUT2D eigenvalue weighted by atomic mass is 9.74. The quantitative estimate of drug-likeness (QED) is 0.835. The lowest BCUT2D eigenvalue weighted by molar-refractivity contribution is 0.0491. The van der Waals surface area contributed by atoms with E-state index in [1.54, 1.807) is 7.11 Å². The van der Waals surface area contributed by atoms with Gasteiger partial charge in [0.25, 0.3) is 0 Å². The predicted molar refractivity (Wildman–Crippen MR) is 88.2 cm³/mol. The fourth-order valence-corrected chi connectivity index (χ4v) is 3.46. The van der Waals surface area contributed by atoms with E-state index >= 15 is 0 Å². The van der Waals surface area contributed by atoms with E-state index in [1.165, 1.54) is 5.56 Å². The van der Waals surface area contributed by atoms with Gasteiger partial charge in [-0.05, 0) is 43.0 Å². The first-order valence-electron chi connectivity index (χ1n) is 8.41. The fraction of sp³-hybridized carbons (Fsp3) is 0.667. The second-order valence-corrected chi connectivity index (χ2v) is 6.65. The Kier molecular flexibility index (Phi) is 5.41. The van der Waals surface area contributed by atoms with Gasteiger partial charge in [-0.25, -0.2) is 0 Å². The molecule has 0 radical (unpaired) electrons. The third-order valence-electron chi connectivity index (χ3n) is 4.84. The van der Waals surface area contributed by atoms with Crippen molar-refractivity contribution in [1.29, 1.82) is 0 Å². The molecule has 2 heterocycles.